The van der Waals surface area contributed by atoms with Crippen molar-refractivity contribution < 1.29 is 4.42 Å². The van der Waals surface area contributed by atoms with E-state index in [4.69, 9.17) is 4.42 Å². The Balaban J connectivity index is 1.26. The van der Waals surface area contributed by atoms with Crippen molar-refractivity contribution in [2.75, 3.05) is 32.7 Å². The van der Waals surface area contributed by atoms with Crippen molar-refractivity contribution in [2.45, 2.75) is 50.7 Å². The minimum absolute atomic E-state index is 0.377. The molecule has 146 valence electrons. The van der Waals surface area contributed by atoms with E-state index in [2.05, 4.69) is 51.5 Å². The molecule has 0 saturated carbocycles. The maximum absolute atomic E-state index is 5.78. The van der Waals surface area contributed by atoms with Crippen LogP contribution in [0.2, 0.25) is 0 Å². The molecule has 27 heavy (non-hydrogen) atoms. The maximum atomic E-state index is 5.78. The van der Waals surface area contributed by atoms with Gasteiger partial charge in [0.2, 0.25) is 0 Å². The van der Waals surface area contributed by atoms with Gasteiger partial charge in [-0.25, -0.2) is 0 Å². The van der Waals surface area contributed by atoms with E-state index in [0.29, 0.717) is 12.1 Å². The van der Waals surface area contributed by atoms with Crippen LogP contribution in [-0.2, 0) is 6.54 Å². The highest BCUT2D eigenvalue weighted by Gasteiger charge is 2.26. The zero-order valence-corrected chi connectivity index (χ0v) is 16.4. The number of hydrogen-bond donors (Lipinski definition) is 1. The van der Waals surface area contributed by atoms with Gasteiger partial charge in [0.15, 0.2) is 0 Å². The second-order valence-electron chi connectivity index (χ2n) is 8.07. The number of hydrogen-bond acceptors (Lipinski definition) is 4. The number of piperidine rings is 2. The van der Waals surface area contributed by atoms with E-state index in [0.717, 1.165) is 18.8 Å². The van der Waals surface area contributed by atoms with Crippen LogP contribution in [-0.4, -0.2) is 48.6 Å². The molecule has 3 heterocycles. The van der Waals surface area contributed by atoms with Crippen LogP contribution in [0.5, 0.6) is 0 Å². The summed E-state index contributed by atoms with van der Waals surface area (Å²) in [4.78, 5) is 5.20. The minimum atomic E-state index is 0.377. The van der Waals surface area contributed by atoms with Crippen molar-refractivity contribution >= 4 is 0 Å². The zero-order chi connectivity index (χ0) is 18.3. The molecule has 0 unspecified atom stereocenters. The average molecular weight is 368 g/mol. The first-order valence-electron chi connectivity index (χ1n) is 10.7. The van der Waals surface area contributed by atoms with E-state index < -0.39 is 0 Å². The Kier molecular flexibility index (Phi) is 6.62. The summed E-state index contributed by atoms with van der Waals surface area (Å²) >= 11 is 0. The topological polar surface area (TPSA) is 31.6 Å². The molecule has 1 N–H and O–H groups in total. The summed E-state index contributed by atoms with van der Waals surface area (Å²) in [7, 11) is 0. The molecule has 4 rings (SSSR count). The second-order valence-corrected chi connectivity index (χ2v) is 8.07. The summed E-state index contributed by atoms with van der Waals surface area (Å²) in [5.41, 5.74) is 1.42. The Hall–Kier alpha value is -1.62. The van der Waals surface area contributed by atoms with E-state index in [9.17, 15) is 0 Å². The van der Waals surface area contributed by atoms with Crippen LogP contribution in [0, 0.1) is 0 Å². The lowest BCUT2D eigenvalue weighted by atomic mass is 10.0. The highest BCUT2D eigenvalue weighted by atomic mass is 16.3. The third-order valence-electron chi connectivity index (χ3n) is 6.14. The maximum Gasteiger partial charge on any atom is 0.122 e. The number of benzene rings is 1. The smallest absolute Gasteiger partial charge is 0.122 e. The van der Waals surface area contributed by atoms with Crippen LogP contribution in [0.3, 0.4) is 0 Å². The van der Waals surface area contributed by atoms with E-state index in [1.165, 1.54) is 63.8 Å². The normalized spacial score (nSPS) is 21.3. The number of nitrogens with zero attached hydrogens (tertiary/aromatic N) is 2. The predicted octanol–water partition coefficient (Wildman–Crippen LogP) is 4.06. The molecule has 4 heteroatoms. The average Bonchev–Trinajstić information content (AvgIpc) is 3.26. The quantitative estimate of drug-likeness (QED) is 0.800. The van der Waals surface area contributed by atoms with E-state index in [-0.39, 0.29) is 0 Å². The Bertz CT molecular complexity index is 644. The molecule has 2 saturated heterocycles. The monoisotopic (exact) mass is 367 g/mol. The van der Waals surface area contributed by atoms with Crippen molar-refractivity contribution in [3.8, 4) is 0 Å². The summed E-state index contributed by atoms with van der Waals surface area (Å²) in [5, 5.41) is 3.86. The fraction of sp³-hybridized carbons (Fsp3) is 0.565. The Morgan fingerprint density at radius 2 is 1.70 bits per heavy atom. The summed E-state index contributed by atoms with van der Waals surface area (Å²) in [5.74, 6) is 1.12. The summed E-state index contributed by atoms with van der Waals surface area (Å²) in [6, 6.07) is 16.0. The van der Waals surface area contributed by atoms with Crippen LogP contribution < -0.4 is 5.32 Å². The molecule has 2 aliphatic heterocycles. The molecule has 4 nitrogen and oxygen atoms in total. The molecule has 0 aliphatic carbocycles. The molecular weight excluding hydrogens is 334 g/mol. The zero-order valence-electron chi connectivity index (χ0n) is 16.4. The lowest BCUT2D eigenvalue weighted by molar-refractivity contribution is 0.131. The number of likely N-dealkylation sites (tertiary alicyclic amines) is 2. The molecule has 2 aromatic rings. The van der Waals surface area contributed by atoms with Gasteiger partial charge in [-0.15, -0.1) is 0 Å². The lowest BCUT2D eigenvalue weighted by Gasteiger charge is -2.36. The van der Waals surface area contributed by atoms with Crippen molar-refractivity contribution in [1.29, 1.82) is 0 Å². The lowest BCUT2D eigenvalue weighted by Crippen LogP contribution is -2.46. The van der Waals surface area contributed by atoms with Gasteiger partial charge in [-0.1, -0.05) is 36.8 Å². The Morgan fingerprint density at radius 1 is 0.926 bits per heavy atom. The van der Waals surface area contributed by atoms with Gasteiger partial charge in [0, 0.05) is 19.1 Å². The highest BCUT2D eigenvalue weighted by Crippen LogP contribution is 2.25. The first-order chi connectivity index (χ1) is 13.4. The van der Waals surface area contributed by atoms with Crippen LogP contribution in [0.25, 0.3) is 0 Å². The van der Waals surface area contributed by atoms with Crippen LogP contribution in [0.4, 0.5) is 0 Å². The summed E-state index contributed by atoms with van der Waals surface area (Å²) in [6.07, 6.45) is 8.28. The largest absolute Gasteiger partial charge is 0.468 e. The molecular formula is C23H33N3O. The molecule has 0 spiro atoms. The summed E-state index contributed by atoms with van der Waals surface area (Å²) in [6.45, 7) is 6.84. The van der Waals surface area contributed by atoms with Crippen molar-refractivity contribution in [3.05, 3.63) is 60.1 Å². The number of rotatable bonds is 7. The highest BCUT2D eigenvalue weighted by molar-refractivity contribution is 5.14. The standard InChI is InChI=1S/C23H33N3O/c1-3-8-20(9-4-1)19-25-15-11-21(12-16-25)24-18-22(23-10-7-17-27-23)26-13-5-2-6-14-26/h1,3-4,7-10,17,21-22,24H,2,5-6,11-16,18-19H2/t22-/m1/s1. The van der Waals surface area contributed by atoms with Crippen LogP contribution in [0.15, 0.2) is 53.1 Å². The van der Waals surface area contributed by atoms with Crippen molar-refractivity contribution in [1.82, 2.24) is 15.1 Å². The molecule has 1 atom stereocenters. The van der Waals surface area contributed by atoms with Gasteiger partial charge in [-0.2, -0.15) is 0 Å². The predicted molar refractivity (Wildman–Crippen MR) is 110 cm³/mol. The van der Waals surface area contributed by atoms with Gasteiger partial charge < -0.3 is 9.73 Å². The first-order valence-corrected chi connectivity index (χ1v) is 10.7. The number of furan rings is 1. The first kappa shape index (κ1) is 18.7. The van der Waals surface area contributed by atoms with Crippen LogP contribution >= 0.6 is 0 Å². The van der Waals surface area contributed by atoms with Crippen molar-refractivity contribution in [3.63, 3.8) is 0 Å². The fourth-order valence-corrected chi connectivity index (χ4v) is 4.54. The molecule has 0 bridgehead atoms. The van der Waals surface area contributed by atoms with E-state index in [1.54, 1.807) is 0 Å². The minimum Gasteiger partial charge on any atom is -0.468 e. The van der Waals surface area contributed by atoms with Gasteiger partial charge >= 0.3 is 0 Å². The molecule has 2 aliphatic rings. The van der Waals surface area contributed by atoms with Gasteiger partial charge in [0.25, 0.3) is 0 Å². The van der Waals surface area contributed by atoms with Gasteiger partial charge in [0.1, 0.15) is 5.76 Å². The van der Waals surface area contributed by atoms with Gasteiger partial charge in [-0.05, 0) is 69.6 Å². The molecule has 0 amide bonds. The third kappa shape index (κ3) is 5.22. The number of nitrogens with one attached hydrogen (secondary N) is 1. The molecule has 1 aromatic carbocycles. The Labute approximate surface area is 163 Å². The van der Waals surface area contributed by atoms with Crippen LogP contribution in [0.1, 0.15) is 49.5 Å². The second kappa shape index (κ2) is 9.54. The Morgan fingerprint density at radius 3 is 2.41 bits per heavy atom. The van der Waals surface area contributed by atoms with E-state index in [1.807, 2.05) is 12.3 Å². The molecule has 0 radical (unpaired) electrons. The molecule has 2 fully saturated rings. The van der Waals surface area contributed by atoms with E-state index >= 15 is 0 Å². The summed E-state index contributed by atoms with van der Waals surface area (Å²) < 4.78 is 5.78. The SMILES string of the molecule is c1ccc(CN2CCC(NC[C@H](c3ccco3)N3CCCCC3)CC2)cc1. The third-order valence-corrected chi connectivity index (χ3v) is 6.14. The van der Waals surface area contributed by atoms with Gasteiger partial charge in [0.05, 0.1) is 12.3 Å². The molecule has 1 aromatic heterocycles. The van der Waals surface area contributed by atoms with Gasteiger partial charge in [-0.3, -0.25) is 9.80 Å². The fourth-order valence-electron chi connectivity index (χ4n) is 4.54. The van der Waals surface area contributed by atoms with Crippen molar-refractivity contribution in [2.24, 2.45) is 0 Å².